The highest BCUT2D eigenvalue weighted by molar-refractivity contribution is 8.47. The van der Waals surface area contributed by atoms with Crippen molar-refractivity contribution in [2.45, 2.75) is 56.4 Å². The molecule has 0 N–H and O–H groups in total. The number of hydrogen-bond donors (Lipinski definition) is 0. The zero-order valence-corrected chi connectivity index (χ0v) is 20.2. The summed E-state index contributed by atoms with van der Waals surface area (Å²) in [4.78, 5) is 4.28. The monoisotopic (exact) mass is 426 g/mol. The zero-order valence-electron chi connectivity index (χ0n) is 19.4. The van der Waals surface area contributed by atoms with Crippen LogP contribution in [0.2, 0.25) is 0 Å². The topological polar surface area (TPSA) is 15.7 Å². The molecule has 1 aromatic rings. The van der Waals surface area contributed by atoms with Crippen LogP contribution in [0.3, 0.4) is 0 Å². The summed E-state index contributed by atoms with van der Waals surface area (Å²) in [6.07, 6.45) is 14.6. The Balaban J connectivity index is 1.39. The van der Waals surface area contributed by atoms with Crippen molar-refractivity contribution in [1.82, 2.24) is 9.21 Å². The molecule has 0 radical (unpaired) electrons. The van der Waals surface area contributed by atoms with E-state index in [4.69, 9.17) is 4.74 Å². The molecule has 0 spiro atoms. The Morgan fingerprint density at radius 1 is 0.933 bits per heavy atom. The molecule has 164 valence electrons. The van der Waals surface area contributed by atoms with E-state index < -0.39 is 10.1 Å². The molecule has 0 aromatic heterocycles. The molecule has 2 fully saturated rings. The van der Waals surface area contributed by atoms with Gasteiger partial charge in [-0.3, -0.25) is 4.31 Å². The van der Waals surface area contributed by atoms with Gasteiger partial charge >= 0.3 is 0 Å². The minimum absolute atomic E-state index is 0.809. The number of allylic oxidation sites excluding steroid dienone is 3. The molecule has 2 aliphatic heterocycles. The summed E-state index contributed by atoms with van der Waals surface area (Å²) in [6, 6.07) is 10.1. The first-order chi connectivity index (χ1) is 14.5. The van der Waals surface area contributed by atoms with Gasteiger partial charge < -0.3 is 9.64 Å². The maximum Gasteiger partial charge on any atom is 0.175 e. The van der Waals surface area contributed by atoms with Crippen LogP contribution in [-0.4, -0.2) is 61.9 Å². The Kier molecular flexibility index (Phi) is 7.01. The lowest BCUT2D eigenvalue weighted by Gasteiger charge is -2.49. The zero-order chi connectivity index (χ0) is 21.1. The molecule has 3 aliphatic rings. The summed E-state index contributed by atoms with van der Waals surface area (Å²) < 4.78 is 8.39. The second-order valence-corrected chi connectivity index (χ2v) is 13.2. The Morgan fingerprint density at radius 2 is 1.57 bits per heavy atom. The van der Waals surface area contributed by atoms with Crippen LogP contribution >= 0.6 is 10.1 Å². The van der Waals surface area contributed by atoms with Crippen molar-refractivity contribution in [2.75, 3.05) is 39.5 Å². The van der Waals surface area contributed by atoms with Crippen molar-refractivity contribution in [2.24, 2.45) is 5.92 Å². The number of piperidine rings is 2. The summed E-state index contributed by atoms with van der Waals surface area (Å²) in [6.45, 7) is 7.52. The van der Waals surface area contributed by atoms with Crippen LogP contribution in [0.4, 0.5) is 0 Å². The number of rotatable bonds is 5. The normalized spacial score (nSPS) is 25.8. The van der Waals surface area contributed by atoms with E-state index in [1.54, 1.807) is 7.11 Å². The first kappa shape index (κ1) is 22.0. The fourth-order valence-corrected chi connectivity index (χ4v) is 7.50. The molecule has 30 heavy (non-hydrogen) atoms. The highest BCUT2D eigenvalue weighted by Gasteiger charge is 2.32. The van der Waals surface area contributed by atoms with Crippen LogP contribution in [0.25, 0.3) is 5.57 Å². The molecule has 1 unspecified atom stereocenters. The van der Waals surface area contributed by atoms with Gasteiger partial charge in [-0.2, -0.15) is 0 Å². The van der Waals surface area contributed by atoms with Gasteiger partial charge in [-0.25, -0.2) is 10.1 Å². The minimum Gasteiger partial charge on any atom is -0.496 e. The largest absolute Gasteiger partial charge is 0.496 e. The van der Waals surface area contributed by atoms with Gasteiger partial charge in [0.1, 0.15) is 5.76 Å². The molecule has 1 atom stereocenters. The fourth-order valence-electron chi connectivity index (χ4n) is 5.28. The first-order valence-corrected chi connectivity index (χ1v) is 14.2. The van der Waals surface area contributed by atoms with E-state index in [0.29, 0.717) is 0 Å². The molecular weight excluding hydrogens is 387 g/mol. The van der Waals surface area contributed by atoms with Crippen LogP contribution in [0, 0.1) is 5.92 Å². The van der Waals surface area contributed by atoms with Gasteiger partial charge in [0, 0.05) is 24.7 Å². The highest BCUT2D eigenvalue weighted by Crippen LogP contribution is 2.52. The van der Waals surface area contributed by atoms with Gasteiger partial charge in [-0.1, -0.05) is 25.1 Å². The molecule has 1 aliphatic carbocycles. The van der Waals surface area contributed by atoms with Crippen LogP contribution in [0.1, 0.15) is 51.0 Å². The van der Waals surface area contributed by atoms with E-state index >= 15 is 0 Å². The lowest BCUT2D eigenvalue weighted by molar-refractivity contribution is 0.102. The van der Waals surface area contributed by atoms with Crippen molar-refractivity contribution in [1.29, 1.82) is 0 Å². The second-order valence-electron chi connectivity index (χ2n) is 9.64. The molecule has 5 heteroatoms. The third kappa shape index (κ3) is 4.68. The third-order valence-electron chi connectivity index (χ3n) is 7.48. The van der Waals surface area contributed by atoms with Crippen molar-refractivity contribution < 1.29 is 4.74 Å². The van der Waals surface area contributed by atoms with E-state index in [1.807, 2.05) is 0 Å². The molecule has 0 saturated carbocycles. The fraction of sp³-hybridized carbons (Fsp3) is 0.600. The van der Waals surface area contributed by atoms with Crippen molar-refractivity contribution >= 4 is 22.8 Å². The number of methoxy groups -OCH3 is 1. The Labute approximate surface area is 186 Å². The van der Waals surface area contributed by atoms with Crippen molar-refractivity contribution in [3.63, 3.8) is 0 Å². The molecule has 2 saturated heterocycles. The van der Waals surface area contributed by atoms with Crippen LogP contribution in [0.5, 0.6) is 0 Å². The van der Waals surface area contributed by atoms with E-state index in [0.717, 1.165) is 30.6 Å². The number of hydrogen-bond acceptors (Lipinski definition) is 3. The second kappa shape index (κ2) is 9.54. The summed E-state index contributed by atoms with van der Waals surface area (Å²) in [5.74, 6) is 1.95. The molecule has 0 amide bonds. The average molecular weight is 426 g/mol. The summed E-state index contributed by atoms with van der Waals surface area (Å²) in [5, 5.41) is 0. The van der Waals surface area contributed by atoms with Crippen LogP contribution in [-0.2, 0) is 4.74 Å². The summed E-state index contributed by atoms with van der Waals surface area (Å²) in [7, 11) is 3.31. The van der Waals surface area contributed by atoms with E-state index in [1.165, 1.54) is 67.9 Å². The van der Waals surface area contributed by atoms with Gasteiger partial charge in [0.25, 0.3) is 0 Å². The van der Waals surface area contributed by atoms with Gasteiger partial charge in [-0.15, -0.1) is 0 Å². The Bertz CT molecular complexity index is 773. The molecule has 3 nitrogen and oxygen atoms in total. The lowest BCUT2D eigenvalue weighted by Crippen LogP contribution is -2.47. The molecule has 1 aromatic carbocycles. The SMILES string of the molecule is BS(C)(c1ccc(C2=CCCC=C2OC)cc1)N1CCC(N2CCC(C)CC2)CC1. The first-order valence-electron chi connectivity index (χ1n) is 11.8. The maximum atomic E-state index is 5.60. The predicted octanol–water partition coefficient (Wildman–Crippen LogP) is 4.85. The number of nitrogens with zero attached hydrogens (tertiary/aromatic N) is 2. The highest BCUT2D eigenvalue weighted by atomic mass is 32.3. The Morgan fingerprint density at radius 3 is 2.20 bits per heavy atom. The number of benzene rings is 1. The van der Waals surface area contributed by atoms with Crippen molar-refractivity contribution in [3.8, 4) is 0 Å². The van der Waals surface area contributed by atoms with Gasteiger partial charge in [0.2, 0.25) is 0 Å². The summed E-state index contributed by atoms with van der Waals surface area (Å²) in [5.41, 5.74) is 2.53. The number of ether oxygens (including phenoxy) is 1. The smallest absolute Gasteiger partial charge is 0.175 e. The standard InChI is InChI=1S/C25H39BN2OS/c1-20-12-16-27(17-13-20)22-14-18-28(19-15-22)30(3,26)23-10-8-21(9-11-23)24-6-4-5-7-25(24)29-2/h6-11,20,22H,4-5,12-19,26H2,1-3H3. The molecule has 4 rings (SSSR count). The lowest BCUT2D eigenvalue weighted by atomic mass is 9.95. The van der Waals surface area contributed by atoms with Gasteiger partial charge in [-0.05, 0) is 92.5 Å². The third-order valence-corrected chi connectivity index (χ3v) is 10.6. The average Bonchev–Trinajstić information content (AvgIpc) is 2.80. The Hall–Kier alpha value is -1.17. The van der Waals surface area contributed by atoms with Crippen molar-refractivity contribution in [3.05, 3.63) is 47.7 Å². The molecular formula is C25H39BN2OS. The molecule has 0 bridgehead atoms. The van der Waals surface area contributed by atoms with E-state index in [9.17, 15) is 0 Å². The minimum atomic E-state index is -0.942. The van der Waals surface area contributed by atoms with Gasteiger partial charge in [0.15, 0.2) is 7.12 Å². The summed E-state index contributed by atoms with van der Waals surface area (Å²) >= 11 is 0. The van der Waals surface area contributed by atoms with E-state index in [-0.39, 0.29) is 0 Å². The van der Waals surface area contributed by atoms with Gasteiger partial charge in [0.05, 0.1) is 7.11 Å². The molecule has 2 heterocycles. The van der Waals surface area contributed by atoms with E-state index in [2.05, 4.69) is 65.9 Å². The van der Waals surface area contributed by atoms with Crippen LogP contribution < -0.4 is 0 Å². The quantitative estimate of drug-likeness (QED) is 0.627. The van der Waals surface area contributed by atoms with Crippen LogP contribution in [0.15, 0.2) is 47.1 Å². The predicted molar refractivity (Wildman–Crippen MR) is 134 cm³/mol. The maximum absolute atomic E-state index is 5.60. The number of likely N-dealkylation sites (tertiary alicyclic amines) is 1.